The molecule has 0 amide bonds. The van der Waals surface area contributed by atoms with Crippen molar-refractivity contribution in [3.05, 3.63) is 0 Å². The van der Waals surface area contributed by atoms with Crippen molar-refractivity contribution < 1.29 is 0 Å². The third kappa shape index (κ3) is 1.75. The third-order valence-electron chi connectivity index (χ3n) is 4.12. The fraction of sp³-hybridized carbons (Fsp3) is 1.00. The summed E-state index contributed by atoms with van der Waals surface area (Å²) >= 11 is 0. The van der Waals surface area contributed by atoms with Crippen LogP contribution in [0.5, 0.6) is 0 Å². The molecule has 0 heterocycles. The molecule has 2 atom stereocenters. The monoisotopic (exact) mass is 182 g/mol. The van der Waals surface area contributed by atoms with Gasteiger partial charge in [0.2, 0.25) is 0 Å². The van der Waals surface area contributed by atoms with Gasteiger partial charge in [-0.05, 0) is 36.5 Å². The zero-order valence-corrected chi connectivity index (χ0v) is 8.84. The number of hydrogen-bond acceptors (Lipinski definition) is 2. The molecule has 2 nitrogen and oxygen atoms in total. The van der Waals surface area contributed by atoms with Gasteiger partial charge in [-0.1, -0.05) is 26.7 Å². The Morgan fingerprint density at radius 1 is 1.31 bits per heavy atom. The summed E-state index contributed by atoms with van der Waals surface area (Å²) in [6, 6.07) is 0.595. The van der Waals surface area contributed by atoms with E-state index in [1.54, 1.807) is 0 Å². The van der Waals surface area contributed by atoms with Crippen LogP contribution in [0.15, 0.2) is 0 Å². The second kappa shape index (κ2) is 3.25. The largest absolute Gasteiger partial charge is 0.271 e. The summed E-state index contributed by atoms with van der Waals surface area (Å²) in [6.07, 6.45) is 6.97. The van der Waals surface area contributed by atoms with E-state index in [2.05, 4.69) is 19.3 Å². The van der Waals surface area contributed by atoms with Crippen molar-refractivity contribution >= 4 is 0 Å². The Balaban J connectivity index is 1.94. The Morgan fingerprint density at radius 3 is 2.23 bits per heavy atom. The standard InChI is InChI=1S/C11H22N2/c1-11(2)7-9(11)10(13-12)8-5-3-4-6-8/h8-10,13H,3-7,12H2,1-2H3. The average molecular weight is 182 g/mol. The van der Waals surface area contributed by atoms with Crippen molar-refractivity contribution in [3.8, 4) is 0 Å². The molecule has 0 spiro atoms. The molecule has 2 aliphatic carbocycles. The Morgan fingerprint density at radius 2 is 1.85 bits per heavy atom. The number of rotatable bonds is 3. The summed E-state index contributed by atoms with van der Waals surface area (Å²) in [5.41, 5.74) is 3.62. The van der Waals surface area contributed by atoms with Crippen molar-refractivity contribution in [3.63, 3.8) is 0 Å². The molecule has 13 heavy (non-hydrogen) atoms. The quantitative estimate of drug-likeness (QED) is 0.518. The highest BCUT2D eigenvalue weighted by Gasteiger charge is 2.51. The van der Waals surface area contributed by atoms with Gasteiger partial charge in [0.05, 0.1) is 0 Å². The summed E-state index contributed by atoms with van der Waals surface area (Å²) in [6.45, 7) is 4.72. The van der Waals surface area contributed by atoms with Crippen LogP contribution in [0.25, 0.3) is 0 Å². The second-order valence-electron chi connectivity index (χ2n) is 5.54. The average Bonchev–Trinajstić information content (AvgIpc) is 2.55. The molecular weight excluding hydrogens is 160 g/mol. The van der Waals surface area contributed by atoms with E-state index in [-0.39, 0.29) is 0 Å². The third-order valence-corrected chi connectivity index (χ3v) is 4.12. The molecule has 2 saturated carbocycles. The maximum Gasteiger partial charge on any atom is 0.0272 e. The SMILES string of the molecule is CC1(C)CC1C(NN)C1CCCC1. The highest BCUT2D eigenvalue weighted by molar-refractivity contribution is 5.03. The van der Waals surface area contributed by atoms with Crippen molar-refractivity contribution in [1.82, 2.24) is 5.43 Å². The molecule has 3 N–H and O–H groups in total. The highest BCUT2D eigenvalue weighted by Crippen LogP contribution is 2.55. The van der Waals surface area contributed by atoms with Crippen LogP contribution in [0.4, 0.5) is 0 Å². The molecule has 0 aliphatic heterocycles. The normalized spacial score (nSPS) is 34.8. The summed E-state index contributed by atoms with van der Waals surface area (Å²) < 4.78 is 0. The first kappa shape index (κ1) is 9.47. The number of hydrazine groups is 1. The summed E-state index contributed by atoms with van der Waals surface area (Å²) in [5, 5.41) is 0. The molecule has 76 valence electrons. The summed E-state index contributed by atoms with van der Waals surface area (Å²) in [4.78, 5) is 0. The van der Waals surface area contributed by atoms with Gasteiger partial charge >= 0.3 is 0 Å². The molecule has 2 rings (SSSR count). The molecule has 0 bridgehead atoms. The first-order valence-electron chi connectivity index (χ1n) is 5.61. The number of nitrogens with one attached hydrogen (secondary N) is 1. The number of hydrogen-bond donors (Lipinski definition) is 2. The first-order chi connectivity index (χ1) is 6.15. The topological polar surface area (TPSA) is 38.0 Å². The van der Waals surface area contributed by atoms with Crippen LogP contribution in [-0.4, -0.2) is 6.04 Å². The van der Waals surface area contributed by atoms with Gasteiger partial charge in [-0.3, -0.25) is 11.3 Å². The Kier molecular flexibility index (Phi) is 2.37. The summed E-state index contributed by atoms with van der Waals surface area (Å²) in [5.74, 6) is 7.36. The maximum absolute atomic E-state index is 5.66. The van der Waals surface area contributed by atoms with E-state index >= 15 is 0 Å². The molecule has 0 saturated heterocycles. The van der Waals surface area contributed by atoms with Gasteiger partial charge in [0, 0.05) is 6.04 Å². The van der Waals surface area contributed by atoms with Crippen molar-refractivity contribution in [1.29, 1.82) is 0 Å². The second-order valence-corrected chi connectivity index (χ2v) is 5.54. The zero-order valence-electron chi connectivity index (χ0n) is 8.84. The van der Waals surface area contributed by atoms with Gasteiger partial charge in [0.1, 0.15) is 0 Å². The maximum atomic E-state index is 5.66. The van der Waals surface area contributed by atoms with Crippen LogP contribution in [0.3, 0.4) is 0 Å². The van der Waals surface area contributed by atoms with E-state index in [0.29, 0.717) is 11.5 Å². The van der Waals surface area contributed by atoms with E-state index in [1.807, 2.05) is 0 Å². The van der Waals surface area contributed by atoms with E-state index in [0.717, 1.165) is 11.8 Å². The lowest BCUT2D eigenvalue weighted by Crippen LogP contribution is -2.42. The minimum Gasteiger partial charge on any atom is -0.271 e. The van der Waals surface area contributed by atoms with Gasteiger partial charge in [-0.2, -0.15) is 0 Å². The fourth-order valence-corrected chi connectivity index (χ4v) is 3.02. The molecule has 2 fully saturated rings. The first-order valence-corrected chi connectivity index (χ1v) is 5.61. The Labute approximate surface area is 81.2 Å². The minimum absolute atomic E-state index is 0.555. The van der Waals surface area contributed by atoms with E-state index in [4.69, 9.17) is 5.84 Å². The molecule has 0 aromatic rings. The fourth-order valence-electron chi connectivity index (χ4n) is 3.02. The molecule has 0 aromatic carbocycles. The van der Waals surface area contributed by atoms with Crippen LogP contribution in [-0.2, 0) is 0 Å². The van der Waals surface area contributed by atoms with E-state index in [1.165, 1.54) is 32.1 Å². The van der Waals surface area contributed by atoms with Crippen LogP contribution >= 0.6 is 0 Å². The van der Waals surface area contributed by atoms with Crippen molar-refractivity contribution in [2.45, 2.75) is 52.0 Å². The molecule has 2 aliphatic rings. The van der Waals surface area contributed by atoms with Crippen LogP contribution in [0.1, 0.15) is 46.0 Å². The predicted octanol–water partition coefficient (Wildman–Crippen LogP) is 2.05. The minimum atomic E-state index is 0.555. The molecule has 2 unspecified atom stereocenters. The lowest BCUT2D eigenvalue weighted by Gasteiger charge is -2.24. The van der Waals surface area contributed by atoms with Gasteiger partial charge in [0.15, 0.2) is 0 Å². The van der Waals surface area contributed by atoms with Crippen molar-refractivity contribution in [2.24, 2.45) is 23.1 Å². The molecule has 0 aromatic heterocycles. The van der Waals surface area contributed by atoms with Crippen LogP contribution in [0.2, 0.25) is 0 Å². The lowest BCUT2D eigenvalue weighted by atomic mass is 9.91. The van der Waals surface area contributed by atoms with Gasteiger partial charge in [0.25, 0.3) is 0 Å². The Hall–Kier alpha value is -0.0800. The summed E-state index contributed by atoms with van der Waals surface area (Å²) in [7, 11) is 0. The molecule has 2 heteroatoms. The number of nitrogens with two attached hydrogens (primary N) is 1. The van der Waals surface area contributed by atoms with E-state index in [9.17, 15) is 0 Å². The smallest absolute Gasteiger partial charge is 0.0272 e. The molecule has 0 radical (unpaired) electrons. The zero-order chi connectivity index (χ0) is 9.47. The van der Waals surface area contributed by atoms with Crippen molar-refractivity contribution in [2.75, 3.05) is 0 Å². The van der Waals surface area contributed by atoms with Gasteiger partial charge in [-0.25, -0.2) is 0 Å². The highest BCUT2D eigenvalue weighted by atomic mass is 15.2. The van der Waals surface area contributed by atoms with Gasteiger partial charge < -0.3 is 0 Å². The Bertz CT molecular complexity index is 178. The van der Waals surface area contributed by atoms with E-state index < -0.39 is 0 Å². The molecular formula is C11H22N2. The van der Waals surface area contributed by atoms with Crippen LogP contribution < -0.4 is 11.3 Å². The van der Waals surface area contributed by atoms with Crippen LogP contribution in [0, 0.1) is 17.3 Å². The van der Waals surface area contributed by atoms with Gasteiger partial charge in [-0.15, -0.1) is 0 Å². The lowest BCUT2D eigenvalue weighted by molar-refractivity contribution is 0.300. The predicted molar refractivity (Wildman–Crippen MR) is 55.0 cm³/mol.